The van der Waals surface area contributed by atoms with Crippen LogP contribution in [0.25, 0.3) is 11.1 Å². The smallest absolute Gasteiger partial charge is 0.225 e. The molecule has 0 saturated heterocycles. The molecule has 0 aliphatic carbocycles. The number of hydrogen-bond donors (Lipinski definition) is 1. The molecular formula is C15H20N4O. The van der Waals surface area contributed by atoms with Crippen LogP contribution >= 0.6 is 0 Å². The summed E-state index contributed by atoms with van der Waals surface area (Å²) < 4.78 is 1.82. The van der Waals surface area contributed by atoms with Gasteiger partial charge in [0.1, 0.15) is 0 Å². The van der Waals surface area contributed by atoms with Crippen molar-refractivity contribution in [2.24, 2.45) is 5.41 Å². The van der Waals surface area contributed by atoms with Crippen LogP contribution in [-0.2, 0) is 11.3 Å². The van der Waals surface area contributed by atoms with Gasteiger partial charge < -0.3 is 5.32 Å². The molecule has 2 aromatic rings. The predicted octanol–water partition coefficient (Wildman–Crippen LogP) is 2.11. The Labute approximate surface area is 119 Å². The van der Waals surface area contributed by atoms with Crippen molar-refractivity contribution in [2.75, 3.05) is 6.54 Å². The largest absolute Gasteiger partial charge is 0.354 e. The molecule has 0 bridgehead atoms. The highest BCUT2D eigenvalue weighted by Crippen LogP contribution is 2.16. The van der Waals surface area contributed by atoms with Crippen molar-refractivity contribution in [3.63, 3.8) is 0 Å². The summed E-state index contributed by atoms with van der Waals surface area (Å²) in [5.74, 6) is 0.0529. The van der Waals surface area contributed by atoms with Crippen LogP contribution in [0.2, 0.25) is 0 Å². The second kappa shape index (κ2) is 5.86. The fourth-order valence-corrected chi connectivity index (χ4v) is 1.72. The summed E-state index contributed by atoms with van der Waals surface area (Å²) in [5.41, 5.74) is 1.71. The highest BCUT2D eigenvalue weighted by atomic mass is 16.2. The lowest BCUT2D eigenvalue weighted by molar-refractivity contribution is -0.128. The molecule has 0 aliphatic rings. The molecule has 1 N–H and O–H groups in total. The van der Waals surface area contributed by atoms with Crippen LogP contribution in [0, 0.1) is 5.41 Å². The quantitative estimate of drug-likeness (QED) is 0.927. The van der Waals surface area contributed by atoms with Crippen LogP contribution in [0.3, 0.4) is 0 Å². The summed E-state index contributed by atoms with van der Waals surface area (Å²) in [6.45, 7) is 6.93. The minimum Gasteiger partial charge on any atom is -0.354 e. The molecule has 0 atom stereocenters. The standard InChI is InChI=1S/C15H20N4O/c1-15(2,3)14(20)17-7-8-19-11-13(10-18-19)12-5-4-6-16-9-12/h4-6,9-11H,7-8H2,1-3H3,(H,17,20). The minimum absolute atomic E-state index is 0.0529. The lowest BCUT2D eigenvalue weighted by Gasteiger charge is -2.17. The minimum atomic E-state index is -0.356. The predicted molar refractivity (Wildman–Crippen MR) is 77.9 cm³/mol. The Hall–Kier alpha value is -2.17. The van der Waals surface area contributed by atoms with Crippen LogP contribution < -0.4 is 5.32 Å². The molecular weight excluding hydrogens is 252 g/mol. The average Bonchev–Trinajstić information content (AvgIpc) is 2.87. The number of pyridine rings is 1. The first-order valence-electron chi connectivity index (χ1n) is 6.68. The van der Waals surface area contributed by atoms with E-state index in [1.54, 1.807) is 6.20 Å². The third kappa shape index (κ3) is 3.66. The summed E-state index contributed by atoms with van der Waals surface area (Å²) in [4.78, 5) is 15.8. The van der Waals surface area contributed by atoms with E-state index in [1.165, 1.54) is 0 Å². The first kappa shape index (κ1) is 14.2. The molecule has 106 valence electrons. The third-order valence-electron chi connectivity index (χ3n) is 2.94. The van der Waals surface area contributed by atoms with E-state index in [9.17, 15) is 4.79 Å². The topological polar surface area (TPSA) is 59.8 Å². The van der Waals surface area contributed by atoms with E-state index in [0.29, 0.717) is 13.1 Å². The summed E-state index contributed by atoms with van der Waals surface area (Å²) in [5, 5.41) is 7.20. The molecule has 20 heavy (non-hydrogen) atoms. The van der Waals surface area contributed by atoms with Crippen molar-refractivity contribution in [2.45, 2.75) is 27.3 Å². The van der Waals surface area contributed by atoms with Crippen molar-refractivity contribution in [1.82, 2.24) is 20.1 Å². The van der Waals surface area contributed by atoms with E-state index in [2.05, 4.69) is 15.4 Å². The van der Waals surface area contributed by atoms with Gasteiger partial charge in [0, 0.05) is 41.7 Å². The van der Waals surface area contributed by atoms with Crippen molar-refractivity contribution < 1.29 is 4.79 Å². The van der Waals surface area contributed by atoms with Gasteiger partial charge in [-0.3, -0.25) is 14.5 Å². The number of amides is 1. The van der Waals surface area contributed by atoms with Crippen LogP contribution in [-0.4, -0.2) is 27.2 Å². The maximum Gasteiger partial charge on any atom is 0.225 e. The van der Waals surface area contributed by atoms with E-state index in [4.69, 9.17) is 0 Å². The molecule has 2 heterocycles. The SMILES string of the molecule is CC(C)(C)C(=O)NCCn1cc(-c2cccnc2)cn1. The second-order valence-electron chi connectivity index (χ2n) is 5.74. The summed E-state index contributed by atoms with van der Waals surface area (Å²) in [6.07, 6.45) is 7.32. The monoisotopic (exact) mass is 272 g/mol. The van der Waals surface area contributed by atoms with E-state index in [0.717, 1.165) is 11.1 Å². The molecule has 2 rings (SSSR count). The van der Waals surface area contributed by atoms with E-state index in [-0.39, 0.29) is 11.3 Å². The summed E-state index contributed by atoms with van der Waals surface area (Å²) >= 11 is 0. The Kier molecular flexibility index (Phi) is 4.17. The summed E-state index contributed by atoms with van der Waals surface area (Å²) in [7, 11) is 0. The van der Waals surface area contributed by atoms with Gasteiger partial charge in [0.2, 0.25) is 5.91 Å². The average molecular weight is 272 g/mol. The fraction of sp³-hybridized carbons (Fsp3) is 0.400. The van der Waals surface area contributed by atoms with Crippen molar-refractivity contribution in [3.8, 4) is 11.1 Å². The number of nitrogens with one attached hydrogen (secondary N) is 1. The van der Waals surface area contributed by atoms with Crippen molar-refractivity contribution in [1.29, 1.82) is 0 Å². The van der Waals surface area contributed by atoms with Gasteiger partial charge in [-0.05, 0) is 6.07 Å². The molecule has 0 spiro atoms. The first-order valence-corrected chi connectivity index (χ1v) is 6.68. The molecule has 2 aromatic heterocycles. The molecule has 5 nitrogen and oxygen atoms in total. The van der Waals surface area contributed by atoms with Crippen LogP contribution in [0.5, 0.6) is 0 Å². The van der Waals surface area contributed by atoms with Gasteiger partial charge >= 0.3 is 0 Å². The molecule has 0 aromatic carbocycles. The van der Waals surface area contributed by atoms with Gasteiger partial charge in [-0.1, -0.05) is 26.8 Å². The number of rotatable bonds is 4. The van der Waals surface area contributed by atoms with E-state index < -0.39 is 0 Å². The van der Waals surface area contributed by atoms with Gasteiger partial charge in [-0.25, -0.2) is 0 Å². The molecule has 0 fully saturated rings. The van der Waals surface area contributed by atoms with Crippen LogP contribution in [0.4, 0.5) is 0 Å². The fourth-order valence-electron chi connectivity index (χ4n) is 1.72. The zero-order valence-corrected chi connectivity index (χ0v) is 12.1. The number of carbonyl (C=O) groups is 1. The molecule has 0 unspecified atom stereocenters. The molecule has 0 saturated carbocycles. The summed E-state index contributed by atoms with van der Waals surface area (Å²) in [6, 6.07) is 3.89. The number of aromatic nitrogens is 3. The molecule has 1 amide bonds. The van der Waals surface area contributed by atoms with Crippen molar-refractivity contribution in [3.05, 3.63) is 36.9 Å². The molecule has 0 aliphatic heterocycles. The Morgan fingerprint density at radius 1 is 1.30 bits per heavy atom. The van der Waals surface area contributed by atoms with E-state index in [1.807, 2.05) is 56.2 Å². The maximum atomic E-state index is 11.7. The normalized spacial score (nSPS) is 11.3. The Bertz CT molecular complexity index is 569. The van der Waals surface area contributed by atoms with Crippen LogP contribution in [0.15, 0.2) is 36.9 Å². The number of carbonyl (C=O) groups excluding carboxylic acids is 1. The Balaban J connectivity index is 1.90. The lowest BCUT2D eigenvalue weighted by atomic mass is 9.96. The van der Waals surface area contributed by atoms with Gasteiger partial charge in [0.15, 0.2) is 0 Å². The number of nitrogens with zero attached hydrogens (tertiary/aromatic N) is 3. The van der Waals surface area contributed by atoms with E-state index >= 15 is 0 Å². The molecule has 0 radical (unpaired) electrons. The second-order valence-corrected chi connectivity index (χ2v) is 5.74. The Morgan fingerprint density at radius 2 is 2.10 bits per heavy atom. The number of hydrogen-bond acceptors (Lipinski definition) is 3. The lowest BCUT2D eigenvalue weighted by Crippen LogP contribution is -2.36. The zero-order valence-electron chi connectivity index (χ0n) is 12.1. The first-order chi connectivity index (χ1) is 9.47. The Morgan fingerprint density at radius 3 is 2.75 bits per heavy atom. The highest BCUT2D eigenvalue weighted by Gasteiger charge is 2.20. The van der Waals surface area contributed by atoms with Crippen molar-refractivity contribution >= 4 is 5.91 Å². The third-order valence-corrected chi connectivity index (χ3v) is 2.94. The van der Waals surface area contributed by atoms with Gasteiger partial charge in [0.25, 0.3) is 0 Å². The zero-order chi connectivity index (χ0) is 14.6. The highest BCUT2D eigenvalue weighted by molar-refractivity contribution is 5.81. The molecule has 5 heteroatoms. The van der Waals surface area contributed by atoms with Gasteiger partial charge in [-0.2, -0.15) is 5.10 Å². The van der Waals surface area contributed by atoms with Gasteiger partial charge in [0.05, 0.1) is 12.7 Å². The van der Waals surface area contributed by atoms with Crippen LogP contribution in [0.1, 0.15) is 20.8 Å². The maximum absolute atomic E-state index is 11.7. The van der Waals surface area contributed by atoms with Gasteiger partial charge in [-0.15, -0.1) is 0 Å².